The van der Waals surface area contributed by atoms with Crippen molar-refractivity contribution in [3.8, 4) is 0 Å². The number of carbonyl (C=O) groups is 1. The number of ketones is 1. The molecule has 0 aliphatic carbocycles. The molecule has 2 aromatic rings. The normalized spacial score (nSPS) is 12.1. The van der Waals surface area contributed by atoms with E-state index in [-0.39, 0.29) is 29.0 Å². The smallest absolute Gasteiger partial charge is 0.283 e. The van der Waals surface area contributed by atoms with Crippen LogP contribution in [0.15, 0.2) is 48.6 Å². The molecule has 0 radical (unpaired) electrons. The first-order chi connectivity index (χ1) is 9.97. The van der Waals surface area contributed by atoms with Crippen LogP contribution in [0.25, 0.3) is 10.8 Å². The minimum absolute atomic E-state index is 0.0316. The zero-order valence-electron chi connectivity index (χ0n) is 11.6. The number of fused-ring (bicyclic) bond motifs is 1. The molecule has 0 saturated carbocycles. The third-order valence-electron chi connectivity index (χ3n) is 3.42. The number of hydrogen-bond acceptors (Lipinski definition) is 4. The molecule has 0 saturated heterocycles. The summed E-state index contributed by atoms with van der Waals surface area (Å²) in [6.07, 6.45) is -1.18. The molecule has 5 heteroatoms. The number of nitro groups is 1. The Morgan fingerprint density at radius 2 is 2.00 bits per heavy atom. The third kappa shape index (κ3) is 2.68. The van der Waals surface area contributed by atoms with Gasteiger partial charge in [-0.2, -0.15) is 0 Å². The monoisotopic (exact) mass is 285 g/mol. The van der Waals surface area contributed by atoms with Gasteiger partial charge in [-0.3, -0.25) is 14.9 Å². The highest BCUT2D eigenvalue weighted by molar-refractivity contribution is 5.97. The highest BCUT2D eigenvalue weighted by Crippen LogP contribution is 2.35. The zero-order chi connectivity index (χ0) is 15.6. The van der Waals surface area contributed by atoms with Gasteiger partial charge in [-0.1, -0.05) is 37.8 Å². The second-order valence-electron chi connectivity index (χ2n) is 4.69. The summed E-state index contributed by atoms with van der Waals surface area (Å²) < 4.78 is 0. The molecular weight excluding hydrogens is 270 g/mol. The number of Topliss-reactive ketones (excluding diaryl/α,β-unsaturated/α-hetero) is 1. The van der Waals surface area contributed by atoms with Crippen LogP contribution in [0.4, 0.5) is 5.69 Å². The summed E-state index contributed by atoms with van der Waals surface area (Å²) in [5.41, 5.74) is -0.132. The van der Waals surface area contributed by atoms with E-state index in [4.69, 9.17) is 0 Å². The van der Waals surface area contributed by atoms with E-state index in [0.717, 1.165) is 0 Å². The van der Waals surface area contributed by atoms with Crippen molar-refractivity contribution in [2.75, 3.05) is 0 Å². The van der Waals surface area contributed by atoms with E-state index in [9.17, 15) is 20.0 Å². The molecule has 0 heterocycles. The van der Waals surface area contributed by atoms with Gasteiger partial charge in [0.25, 0.3) is 5.69 Å². The molecule has 1 atom stereocenters. The van der Waals surface area contributed by atoms with Crippen LogP contribution in [0, 0.1) is 10.1 Å². The Labute approximate surface area is 121 Å². The van der Waals surface area contributed by atoms with Gasteiger partial charge in [0.05, 0.1) is 15.9 Å². The predicted molar refractivity (Wildman–Crippen MR) is 80.0 cm³/mol. The molecule has 2 rings (SSSR count). The maximum atomic E-state index is 11.6. The molecule has 0 spiro atoms. The number of aliphatic hydroxyl groups excluding tert-OH is 1. The van der Waals surface area contributed by atoms with Gasteiger partial charge in [0.1, 0.15) is 6.10 Å². The van der Waals surface area contributed by atoms with Gasteiger partial charge in [0, 0.05) is 12.0 Å². The van der Waals surface area contributed by atoms with Crippen molar-refractivity contribution in [1.82, 2.24) is 0 Å². The average molecular weight is 285 g/mol. The molecule has 0 fully saturated rings. The topological polar surface area (TPSA) is 80.4 Å². The van der Waals surface area contributed by atoms with Gasteiger partial charge < -0.3 is 5.11 Å². The van der Waals surface area contributed by atoms with Crippen LogP contribution in [-0.2, 0) is 4.79 Å². The summed E-state index contributed by atoms with van der Waals surface area (Å²) in [4.78, 5) is 22.5. The second kappa shape index (κ2) is 5.85. The van der Waals surface area contributed by atoms with Gasteiger partial charge in [-0.15, -0.1) is 0 Å². The molecule has 2 aromatic carbocycles. The lowest BCUT2D eigenvalue weighted by molar-refractivity contribution is -0.384. The van der Waals surface area contributed by atoms with E-state index in [1.165, 1.54) is 6.07 Å². The lowest BCUT2D eigenvalue weighted by atomic mass is 9.94. The van der Waals surface area contributed by atoms with E-state index >= 15 is 0 Å². The Kier molecular flexibility index (Phi) is 4.14. The first-order valence-corrected chi connectivity index (χ1v) is 6.53. The van der Waals surface area contributed by atoms with Crippen molar-refractivity contribution < 1.29 is 14.8 Å². The minimum atomic E-state index is -1.37. The van der Waals surface area contributed by atoms with E-state index in [2.05, 4.69) is 6.58 Å². The Morgan fingerprint density at radius 1 is 1.33 bits per heavy atom. The van der Waals surface area contributed by atoms with Crippen LogP contribution < -0.4 is 0 Å². The second-order valence-corrected chi connectivity index (χ2v) is 4.69. The fourth-order valence-electron chi connectivity index (χ4n) is 2.26. The van der Waals surface area contributed by atoms with Gasteiger partial charge in [-0.05, 0) is 17.5 Å². The Bertz CT molecular complexity index is 736. The summed E-state index contributed by atoms with van der Waals surface area (Å²) in [7, 11) is 0. The maximum absolute atomic E-state index is 11.6. The quantitative estimate of drug-likeness (QED) is 0.519. The van der Waals surface area contributed by atoms with Crippen LogP contribution in [0.1, 0.15) is 25.0 Å². The van der Waals surface area contributed by atoms with E-state index in [1.54, 1.807) is 37.3 Å². The van der Waals surface area contributed by atoms with Crippen LogP contribution >= 0.6 is 0 Å². The fourth-order valence-corrected chi connectivity index (χ4v) is 2.26. The molecule has 21 heavy (non-hydrogen) atoms. The molecule has 0 aliphatic rings. The minimum Gasteiger partial charge on any atom is -0.383 e. The highest BCUT2D eigenvalue weighted by atomic mass is 16.6. The molecule has 5 nitrogen and oxygen atoms in total. The first kappa shape index (κ1) is 14.9. The number of benzene rings is 2. The Balaban J connectivity index is 2.64. The number of aliphatic hydroxyl groups is 1. The zero-order valence-corrected chi connectivity index (χ0v) is 11.6. The molecule has 0 aromatic heterocycles. The van der Waals surface area contributed by atoms with Crippen LogP contribution in [0.2, 0.25) is 0 Å². The summed E-state index contributed by atoms with van der Waals surface area (Å²) >= 11 is 0. The first-order valence-electron chi connectivity index (χ1n) is 6.53. The Morgan fingerprint density at radius 3 is 2.62 bits per heavy atom. The van der Waals surface area contributed by atoms with Gasteiger partial charge in [0.2, 0.25) is 0 Å². The summed E-state index contributed by atoms with van der Waals surface area (Å²) in [5, 5.41) is 22.8. The molecule has 1 N–H and O–H groups in total. The fraction of sp³-hybridized carbons (Fsp3) is 0.188. The van der Waals surface area contributed by atoms with E-state index < -0.39 is 11.0 Å². The SMILES string of the molecule is C=C(C(=O)CC)[C@@H](O)c1ccc2ccccc2c1[N+](=O)[O-]. The van der Waals surface area contributed by atoms with Crippen LogP contribution in [0.3, 0.4) is 0 Å². The van der Waals surface area contributed by atoms with Crippen molar-refractivity contribution in [3.05, 3.63) is 64.2 Å². The average Bonchev–Trinajstić information content (AvgIpc) is 2.51. The van der Waals surface area contributed by atoms with Crippen molar-refractivity contribution in [2.24, 2.45) is 0 Å². The molecule has 108 valence electrons. The standard InChI is InChI=1S/C16H15NO4/c1-3-14(18)10(2)16(19)13-9-8-11-6-4-5-7-12(11)15(13)17(20)21/h4-9,16,19H,2-3H2,1H3/t16-/m1/s1. The highest BCUT2D eigenvalue weighted by Gasteiger charge is 2.27. The van der Waals surface area contributed by atoms with Gasteiger partial charge in [-0.25, -0.2) is 0 Å². The summed E-state index contributed by atoms with van der Waals surface area (Å²) in [5.74, 6) is -0.315. The summed E-state index contributed by atoms with van der Waals surface area (Å²) in [6.45, 7) is 5.21. The lowest BCUT2D eigenvalue weighted by Crippen LogP contribution is -2.11. The van der Waals surface area contributed by atoms with Crippen LogP contribution in [-0.4, -0.2) is 15.8 Å². The summed E-state index contributed by atoms with van der Waals surface area (Å²) in [6, 6.07) is 10.0. The number of rotatable bonds is 5. The molecule has 0 unspecified atom stereocenters. The van der Waals surface area contributed by atoms with E-state index in [0.29, 0.717) is 10.8 Å². The lowest BCUT2D eigenvalue weighted by Gasteiger charge is -2.14. The molecular formula is C16H15NO4. The van der Waals surface area contributed by atoms with Crippen LogP contribution in [0.5, 0.6) is 0 Å². The van der Waals surface area contributed by atoms with Gasteiger partial charge in [0.15, 0.2) is 5.78 Å². The van der Waals surface area contributed by atoms with Crippen molar-refractivity contribution in [2.45, 2.75) is 19.4 Å². The maximum Gasteiger partial charge on any atom is 0.283 e. The van der Waals surface area contributed by atoms with Crippen molar-refractivity contribution in [1.29, 1.82) is 0 Å². The molecule has 0 aliphatic heterocycles. The number of nitrogens with zero attached hydrogens (tertiary/aromatic N) is 1. The number of hydrogen-bond donors (Lipinski definition) is 1. The largest absolute Gasteiger partial charge is 0.383 e. The van der Waals surface area contributed by atoms with Crippen molar-refractivity contribution >= 4 is 22.2 Å². The predicted octanol–water partition coefficient (Wildman–Crippen LogP) is 3.32. The molecule has 0 amide bonds. The molecule has 0 bridgehead atoms. The Hall–Kier alpha value is -2.53. The van der Waals surface area contributed by atoms with E-state index in [1.807, 2.05) is 0 Å². The van der Waals surface area contributed by atoms with Crippen molar-refractivity contribution in [3.63, 3.8) is 0 Å². The third-order valence-corrected chi connectivity index (χ3v) is 3.42. The van der Waals surface area contributed by atoms with Gasteiger partial charge >= 0.3 is 0 Å². The number of carbonyl (C=O) groups excluding carboxylic acids is 1. The number of nitro benzene ring substituents is 1.